The summed E-state index contributed by atoms with van der Waals surface area (Å²) in [5.41, 5.74) is 2.01. The van der Waals surface area contributed by atoms with Crippen LogP contribution < -0.4 is 5.32 Å². The molecular formula is C14H14N2O2. The number of furan rings is 1. The molecule has 1 heterocycles. The number of aliphatic hydroxyl groups excluding tert-OH is 1. The quantitative estimate of drug-likeness (QED) is 0.840. The molecule has 0 unspecified atom stereocenters. The van der Waals surface area contributed by atoms with E-state index in [0.717, 1.165) is 16.9 Å². The van der Waals surface area contributed by atoms with Crippen molar-refractivity contribution in [1.29, 1.82) is 5.26 Å². The van der Waals surface area contributed by atoms with Crippen LogP contribution in [0, 0.1) is 11.3 Å². The first-order chi connectivity index (χ1) is 8.81. The van der Waals surface area contributed by atoms with Gasteiger partial charge in [-0.1, -0.05) is 24.3 Å². The molecule has 0 bridgehead atoms. The van der Waals surface area contributed by atoms with E-state index in [9.17, 15) is 0 Å². The van der Waals surface area contributed by atoms with Crippen molar-refractivity contribution in [3.05, 3.63) is 59.0 Å². The highest BCUT2D eigenvalue weighted by atomic mass is 16.3. The van der Waals surface area contributed by atoms with Crippen molar-refractivity contribution in [2.75, 3.05) is 0 Å². The van der Waals surface area contributed by atoms with E-state index in [0.29, 0.717) is 18.8 Å². The molecule has 0 aliphatic rings. The van der Waals surface area contributed by atoms with Crippen LogP contribution in [-0.2, 0) is 19.7 Å². The van der Waals surface area contributed by atoms with Crippen LogP contribution in [0.25, 0.3) is 0 Å². The Morgan fingerprint density at radius 1 is 1.17 bits per heavy atom. The fraction of sp³-hybridized carbons (Fsp3) is 0.214. The van der Waals surface area contributed by atoms with E-state index in [-0.39, 0.29) is 6.61 Å². The number of nitrogens with one attached hydrogen (secondary N) is 1. The first kappa shape index (κ1) is 12.4. The van der Waals surface area contributed by atoms with E-state index >= 15 is 0 Å². The third-order valence-electron chi connectivity index (χ3n) is 2.57. The van der Waals surface area contributed by atoms with Crippen LogP contribution in [0.15, 0.2) is 40.8 Å². The average molecular weight is 242 g/mol. The van der Waals surface area contributed by atoms with Crippen molar-refractivity contribution < 1.29 is 9.52 Å². The lowest BCUT2D eigenvalue weighted by atomic mass is 10.1. The zero-order valence-corrected chi connectivity index (χ0v) is 9.89. The highest BCUT2D eigenvalue weighted by molar-refractivity contribution is 5.23. The first-order valence-corrected chi connectivity index (χ1v) is 5.70. The molecule has 0 aliphatic heterocycles. The van der Waals surface area contributed by atoms with Crippen LogP contribution in [0.3, 0.4) is 0 Å². The van der Waals surface area contributed by atoms with Crippen LogP contribution in [0.1, 0.15) is 22.6 Å². The van der Waals surface area contributed by atoms with Gasteiger partial charge in [0.05, 0.1) is 13.2 Å². The molecule has 4 nitrogen and oxygen atoms in total. The van der Waals surface area contributed by atoms with E-state index in [1.807, 2.05) is 30.3 Å². The molecule has 2 N–H and O–H groups in total. The summed E-state index contributed by atoms with van der Waals surface area (Å²) < 4.78 is 5.25. The number of aliphatic hydroxyl groups is 1. The standard InChI is InChI=1S/C14H14N2O2/c15-7-13-4-5-14(18-13)9-16-8-11-2-1-3-12(6-11)10-17/h1-6,16-17H,8-10H2. The van der Waals surface area contributed by atoms with Crippen LogP contribution in [0.4, 0.5) is 0 Å². The zero-order chi connectivity index (χ0) is 12.8. The molecule has 2 aromatic rings. The van der Waals surface area contributed by atoms with Gasteiger partial charge in [0.25, 0.3) is 0 Å². The zero-order valence-electron chi connectivity index (χ0n) is 9.89. The lowest BCUT2D eigenvalue weighted by molar-refractivity contribution is 0.281. The highest BCUT2D eigenvalue weighted by Crippen LogP contribution is 2.08. The topological polar surface area (TPSA) is 69.2 Å². The smallest absolute Gasteiger partial charge is 0.203 e. The van der Waals surface area contributed by atoms with Gasteiger partial charge in [-0.25, -0.2) is 0 Å². The summed E-state index contributed by atoms with van der Waals surface area (Å²) in [5.74, 6) is 1.07. The largest absolute Gasteiger partial charge is 0.449 e. The summed E-state index contributed by atoms with van der Waals surface area (Å²) in [4.78, 5) is 0. The van der Waals surface area contributed by atoms with Crippen molar-refractivity contribution in [2.24, 2.45) is 0 Å². The number of benzene rings is 1. The van der Waals surface area contributed by atoms with Gasteiger partial charge >= 0.3 is 0 Å². The molecule has 1 aromatic heterocycles. The molecule has 1 aromatic carbocycles. The molecule has 0 fully saturated rings. The van der Waals surface area contributed by atoms with Gasteiger partial charge < -0.3 is 14.8 Å². The van der Waals surface area contributed by atoms with E-state index in [1.54, 1.807) is 12.1 Å². The Hall–Kier alpha value is -2.09. The Balaban J connectivity index is 1.86. The third kappa shape index (κ3) is 3.20. The molecule has 0 saturated carbocycles. The SMILES string of the molecule is N#Cc1ccc(CNCc2cccc(CO)c2)o1. The Kier molecular flexibility index (Phi) is 4.13. The van der Waals surface area contributed by atoms with Gasteiger partial charge in [-0.15, -0.1) is 0 Å². The summed E-state index contributed by atoms with van der Waals surface area (Å²) in [7, 11) is 0. The summed E-state index contributed by atoms with van der Waals surface area (Å²) in [6, 6.07) is 13.1. The van der Waals surface area contributed by atoms with Crippen molar-refractivity contribution in [3.8, 4) is 6.07 Å². The van der Waals surface area contributed by atoms with Crippen molar-refractivity contribution >= 4 is 0 Å². The molecule has 0 aliphatic carbocycles. The van der Waals surface area contributed by atoms with Gasteiger partial charge in [-0.05, 0) is 23.3 Å². The Morgan fingerprint density at radius 3 is 2.72 bits per heavy atom. The fourth-order valence-electron chi connectivity index (χ4n) is 1.70. The van der Waals surface area contributed by atoms with Crippen molar-refractivity contribution in [1.82, 2.24) is 5.32 Å². The van der Waals surface area contributed by atoms with Crippen molar-refractivity contribution in [2.45, 2.75) is 19.7 Å². The number of nitrogens with zero attached hydrogens (tertiary/aromatic N) is 1. The lowest BCUT2D eigenvalue weighted by Gasteiger charge is -2.04. The molecule has 0 amide bonds. The molecule has 4 heteroatoms. The molecule has 0 saturated heterocycles. The van der Waals surface area contributed by atoms with Crippen LogP contribution in [0.5, 0.6) is 0 Å². The fourth-order valence-corrected chi connectivity index (χ4v) is 1.70. The number of rotatable bonds is 5. The number of hydrogen-bond acceptors (Lipinski definition) is 4. The molecule has 2 rings (SSSR count). The maximum atomic E-state index is 9.03. The maximum Gasteiger partial charge on any atom is 0.203 e. The van der Waals surface area contributed by atoms with E-state index in [2.05, 4.69) is 5.32 Å². The summed E-state index contributed by atoms with van der Waals surface area (Å²) >= 11 is 0. The average Bonchev–Trinajstić information content (AvgIpc) is 2.87. The van der Waals surface area contributed by atoms with Crippen LogP contribution in [-0.4, -0.2) is 5.11 Å². The normalized spacial score (nSPS) is 10.2. The monoisotopic (exact) mass is 242 g/mol. The van der Waals surface area contributed by atoms with E-state index in [1.165, 1.54) is 0 Å². The van der Waals surface area contributed by atoms with Gasteiger partial charge in [0.15, 0.2) is 0 Å². The second-order valence-corrected chi connectivity index (χ2v) is 3.96. The second kappa shape index (κ2) is 6.01. The van der Waals surface area contributed by atoms with E-state index < -0.39 is 0 Å². The molecular weight excluding hydrogens is 228 g/mol. The maximum absolute atomic E-state index is 9.03. The summed E-state index contributed by atoms with van der Waals surface area (Å²) in [6.07, 6.45) is 0. The summed E-state index contributed by atoms with van der Waals surface area (Å²) in [5, 5.41) is 20.9. The van der Waals surface area contributed by atoms with Crippen LogP contribution in [0.2, 0.25) is 0 Å². The number of nitriles is 1. The molecule has 18 heavy (non-hydrogen) atoms. The predicted molar refractivity (Wildman–Crippen MR) is 66.3 cm³/mol. The van der Waals surface area contributed by atoms with Gasteiger partial charge in [-0.2, -0.15) is 5.26 Å². The van der Waals surface area contributed by atoms with Crippen LogP contribution >= 0.6 is 0 Å². The highest BCUT2D eigenvalue weighted by Gasteiger charge is 2.01. The Morgan fingerprint density at radius 2 is 2.00 bits per heavy atom. The Labute approximate surface area is 105 Å². The molecule has 0 atom stereocenters. The number of hydrogen-bond donors (Lipinski definition) is 2. The lowest BCUT2D eigenvalue weighted by Crippen LogP contribution is -2.12. The minimum Gasteiger partial charge on any atom is -0.449 e. The van der Waals surface area contributed by atoms with Gasteiger partial charge in [-0.3, -0.25) is 0 Å². The van der Waals surface area contributed by atoms with Gasteiger partial charge in [0.2, 0.25) is 5.76 Å². The third-order valence-corrected chi connectivity index (χ3v) is 2.57. The molecule has 92 valence electrons. The molecule has 0 spiro atoms. The molecule has 0 radical (unpaired) electrons. The Bertz CT molecular complexity index is 555. The minimum atomic E-state index is 0.0531. The second-order valence-electron chi connectivity index (χ2n) is 3.96. The van der Waals surface area contributed by atoms with Crippen molar-refractivity contribution in [3.63, 3.8) is 0 Å². The predicted octanol–water partition coefficient (Wildman–Crippen LogP) is 1.93. The minimum absolute atomic E-state index is 0.0531. The van der Waals surface area contributed by atoms with Gasteiger partial charge in [0, 0.05) is 6.54 Å². The summed E-state index contributed by atoms with van der Waals surface area (Å²) in [6.45, 7) is 1.32. The van der Waals surface area contributed by atoms with Gasteiger partial charge in [0.1, 0.15) is 11.8 Å². The van der Waals surface area contributed by atoms with E-state index in [4.69, 9.17) is 14.8 Å². The first-order valence-electron chi connectivity index (χ1n) is 5.70.